The van der Waals surface area contributed by atoms with Crippen LogP contribution < -0.4 is 0 Å². The van der Waals surface area contributed by atoms with Gasteiger partial charge in [0.15, 0.2) is 0 Å². The largest absolute Gasteiger partial charge is 0.480 e. The minimum atomic E-state index is -1.07. The van der Waals surface area contributed by atoms with Crippen LogP contribution in [-0.4, -0.2) is 34.2 Å². The Morgan fingerprint density at radius 3 is 2.67 bits per heavy atom. The van der Waals surface area contributed by atoms with Gasteiger partial charge in [0.2, 0.25) is 5.91 Å². The van der Waals surface area contributed by atoms with Crippen molar-refractivity contribution in [1.82, 2.24) is 5.06 Å². The second kappa shape index (κ2) is 2.75. The van der Waals surface area contributed by atoms with E-state index in [1.807, 2.05) is 0 Å². The zero-order chi connectivity index (χ0) is 9.35. The Hall–Kier alpha value is -1.10. The first kappa shape index (κ1) is 8.99. The minimum Gasteiger partial charge on any atom is -0.480 e. The topological polar surface area (TPSA) is 66.8 Å². The molecule has 0 aromatic heterocycles. The van der Waals surface area contributed by atoms with Gasteiger partial charge in [-0.15, -0.1) is 0 Å². The van der Waals surface area contributed by atoms with Crippen molar-refractivity contribution >= 4 is 11.9 Å². The molecule has 0 saturated carbocycles. The molecule has 0 spiro atoms. The number of rotatable bonds is 2. The number of carbonyl (C=O) groups is 2. The number of aliphatic carboxylic acids is 1. The minimum absolute atomic E-state index is 0.236. The monoisotopic (exact) mass is 173 g/mol. The molecule has 0 atom stereocenters. The Balaban J connectivity index is 2.58. The van der Waals surface area contributed by atoms with Gasteiger partial charge in [-0.05, 0) is 13.8 Å². The number of hydroxylamine groups is 2. The van der Waals surface area contributed by atoms with Gasteiger partial charge < -0.3 is 5.11 Å². The van der Waals surface area contributed by atoms with Crippen LogP contribution in [0, 0.1) is 0 Å². The number of nitrogens with zero attached hydrogens (tertiary/aromatic N) is 1. The maximum absolute atomic E-state index is 11.1. The summed E-state index contributed by atoms with van der Waals surface area (Å²) in [5, 5.41) is 9.28. The lowest BCUT2D eigenvalue weighted by molar-refractivity contribution is -0.196. The van der Waals surface area contributed by atoms with Gasteiger partial charge in [-0.3, -0.25) is 14.4 Å². The van der Waals surface area contributed by atoms with Crippen molar-refractivity contribution in [2.45, 2.75) is 25.9 Å². The first-order chi connectivity index (χ1) is 5.41. The highest BCUT2D eigenvalue weighted by atomic mass is 16.7. The average Bonchev–Trinajstić information content (AvgIpc) is 2.03. The van der Waals surface area contributed by atoms with Crippen LogP contribution in [-0.2, 0) is 14.4 Å². The van der Waals surface area contributed by atoms with Crippen molar-refractivity contribution in [1.29, 1.82) is 0 Å². The van der Waals surface area contributed by atoms with Gasteiger partial charge in [-0.1, -0.05) is 0 Å². The number of carboxylic acids is 1. The lowest BCUT2D eigenvalue weighted by Crippen LogP contribution is -2.31. The highest BCUT2D eigenvalue weighted by Gasteiger charge is 2.38. The molecule has 1 amide bonds. The molecule has 12 heavy (non-hydrogen) atoms. The fourth-order valence-electron chi connectivity index (χ4n) is 1.08. The third-order valence-electron chi connectivity index (χ3n) is 1.49. The molecule has 1 saturated heterocycles. The summed E-state index contributed by atoms with van der Waals surface area (Å²) in [4.78, 5) is 26.4. The normalized spacial score (nSPS) is 21.5. The molecule has 1 heterocycles. The summed E-state index contributed by atoms with van der Waals surface area (Å²) in [5.41, 5.74) is -0.563. The van der Waals surface area contributed by atoms with E-state index in [0.29, 0.717) is 0 Å². The summed E-state index contributed by atoms with van der Waals surface area (Å²) in [7, 11) is 0. The van der Waals surface area contributed by atoms with E-state index in [-0.39, 0.29) is 18.9 Å². The molecule has 0 radical (unpaired) electrons. The van der Waals surface area contributed by atoms with Crippen molar-refractivity contribution < 1.29 is 19.5 Å². The van der Waals surface area contributed by atoms with Gasteiger partial charge in [-0.25, -0.2) is 5.06 Å². The van der Waals surface area contributed by atoms with Crippen LogP contribution in [0.5, 0.6) is 0 Å². The maximum Gasteiger partial charge on any atom is 0.325 e. The van der Waals surface area contributed by atoms with E-state index in [2.05, 4.69) is 0 Å². The van der Waals surface area contributed by atoms with Crippen molar-refractivity contribution in [3.63, 3.8) is 0 Å². The van der Waals surface area contributed by atoms with Gasteiger partial charge in [0.05, 0.1) is 12.0 Å². The van der Waals surface area contributed by atoms with Crippen molar-refractivity contribution in [2.24, 2.45) is 0 Å². The lowest BCUT2D eigenvalue weighted by Gasteiger charge is -2.17. The first-order valence-electron chi connectivity index (χ1n) is 3.62. The Kier molecular flexibility index (Phi) is 2.06. The van der Waals surface area contributed by atoms with Crippen LogP contribution in [0.15, 0.2) is 0 Å². The highest BCUT2D eigenvalue weighted by molar-refractivity contribution is 5.82. The molecular weight excluding hydrogens is 162 g/mol. The molecule has 1 fully saturated rings. The number of carbonyl (C=O) groups excluding carboxylic acids is 1. The van der Waals surface area contributed by atoms with Crippen molar-refractivity contribution in [3.8, 4) is 0 Å². The third kappa shape index (κ3) is 1.94. The van der Waals surface area contributed by atoms with E-state index in [0.717, 1.165) is 5.06 Å². The molecule has 0 aliphatic carbocycles. The molecule has 1 aliphatic rings. The third-order valence-corrected chi connectivity index (χ3v) is 1.49. The smallest absolute Gasteiger partial charge is 0.325 e. The number of hydrogen-bond donors (Lipinski definition) is 1. The number of hydrogen-bond acceptors (Lipinski definition) is 3. The summed E-state index contributed by atoms with van der Waals surface area (Å²) >= 11 is 0. The lowest BCUT2D eigenvalue weighted by atomic mass is 10.1. The van der Waals surface area contributed by atoms with E-state index >= 15 is 0 Å². The van der Waals surface area contributed by atoms with E-state index in [9.17, 15) is 9.59 Å². The molecule has 0 aromatic carbocycles. The molecular formula is C7H11NO4. The Morgan fingerprint density at radius 2 is 2.33 bits per heavy atom. The molecule has 5 heteroatoms. The summed E-state index contributed by atoms with van der Waals surface area (Å²) in [6.45, 7) is 3.10. The maximum atomic E-state index is 11.1. The molecule has 68 valence electrons. The van der Waals surface area contributed by atoms with Crippen molar-refractivity contribution in [2.75, 3.05) is 6.54 Å². The van der Waals surface area contributed by atoms with Crippen LogP contribution >= 0.6 is 0 Å². The molecule has 0 unspecified atom stereocenters. The second-order valence-corrected chi connectivity index (χ2v) is 3.35. The number of carboxylic acid groups (broad SMARTS) is 1. The second-order valence-electron chi connectivity index (χ2n) is 3.35. The molecule has 1 rings (SSSR count). The van der Waals surface area contributed by atoms with Crippen LogP contribution in [0.25, 0.3) is 0 Å². The first-order valence-corrected chi connectivity index (χ1v) is 3.62. The summed E-state index contributed by atoms with van der Waals surface area (Å²) < 4.78 is 0. The van der Waals surface area contributed by atoms with Crippen LogP contribution in [0.3, 0.4) is 0 Å². The van der Waals surface area contributed by atoms with E-state index in [4.69, 9.17) is 9.94 Å². The molecule has 1 aliphatic heterocycles. The predicted molar refractivity (Wildman–Crippen MR) is 39.1 cm³/mol. The molecule has 1 N–H and O–H groups in total. The molecule has 0 aromatic rings. The van der Waals surface area contributed by atoms with Gasteiger partial charge in [0, 0.05) is 0 Å². The average molecular weight is 173 g/mol. The van der Waals surface area contributed by atoms with E-state index in [1.54, 1.807) is 13.8 Å². The summed E-state index contributed by atoms with van der Waals surface area (Å²) in [6.07, 6.45) is 0.236. The summed E-state index contributed by atoms with van der Waals surface area (Å²) in [6, 6.07) is 0. The Labute approximate surface area is 69.9 Å². The highest BCUT2D eigenvalue weighted by Crippen LogP contribution is 2.24. The van der Waals surface area contributed by atoms with E-state index in [1.165, 1.54) is 0 Å². The number of amides is 1. The molecule has 0 bridgehead atoms. The van der Waals surface area contributed by atoms with Gasteiger partial charge in [0.25, 0.3) is 0 Å². The van der Waals surface area contributed by atoms with Crippen molar-refractivity contribution in [3.05, 3.63) is 0 Å². The van der Waals surface area contributed by atoms with E-state index < -0.39 is 11.6 Å². The zero-order valence-corrected chi connectivity index (χ0v) is 7.03. The fourth-order valence-corrected chi connectivity index (χ4v) is 1.08. The van der Waals surface area contributed by atoms with Gasteiger partial charge in [0.1, 0.15) is 6.54 Å². The van der Waals surface area contributed by atoms with Gasteiger partial charge >= 0.3 is 5.97 Å². The standard InChI is InChI=1S/C7H11NO4/c1-7(2)3-5(9)8(12-7)4-6(10)11/h3-4H2,1-2H3,(H,10,11). The molecule has 5 nitrogen and oxygen atoms in total. The summed E-state index contributed by atoms with van der Waals surface area (Å²) in [5.74, 6) is -1.34. The quantitative estimate of drug-likeness (QED) is 0.639. The predicted octanol–water partition coefficient (Wildman–Crippen LogP) is 0.0135. The Bertz CT molecular complexity index is 223. The van der Waals surface area contributed by atoms with Crippen LogP contribution in [0.1, 0.15) is 20.3 Å². The van der Waals surface area contributed by atoms with Crippen LogP contribution in [0.2, 0.25) is 0 Å². The van der Waals surface area contributed by atoms with Gasteiger partial charge in [-0.2, -0.15) is 0 Å². The zero-order valence-electron chi connectivity index (χ0n) is 7.03. The Morgan fingerprint density at radius 1 is 1.75 bits per heavy atom. The van der Waals surface area contributed by atoms with Crippen LogP contribution in [0.4, 0.5) is 0 Å². The SMILES string of the molecule is CC1(C)CC(=O)N(CC(=O)O)O1. The fraction of sp³-hybridized carbons (Fsp3) is 0.714.